The lowest BCUT2D eigenvalue weighted by atomic mass is 9.91. The topological polar surface area (TPSA) is 603 Å². The third-order valence-corrected chi connectivity index (χ3v) is 20.3. The Labute approximate surface area is 695 Å². The summed E-state index contributed by atoms with van der Waals surface area (Å²) in [6.07, 6.45) is 1.65. The van der Waals surface area contributed by atoms with Gasteiger partial charge in [0.1, 0.15) is 48.3 Å². The van der Waals surface area contributed by atoms with E-state index in [9.17, 15) is 78.0 Å². The summed E-state index contributed by atoms with van der Waals surface area (Å²) in [5.41, 5.74) is 36.2. The fourth-order valence-electron chi connectivity index (χ4n) is 13.1. The quantitative estimate of drug-likeness (QED) is 0.00962. The molecule has 0 unspecified atom stereocenters. The maximum Gasteiger partial charge on any atom is 0.326 e. The highest BCUT2D eigenvalue weighted by molar-refractivity contribution is 6.32. The number of rotatable bonds is 61. The zero-order chi connectivity index (χ0) is 87.7. The summed E-state index contributed by atoms with van der Waals surface area (Å²) >= 11 is 12.0. The van der Waals surface area contributed by atoms with Gasteiger partial charge in [-0.15, -0.1) is 0 Å². The summed E-state index contributed by atoms with van der Waals surface area (Å²) in [6, 6.07) is 9.70. The molecule has 0 saturated carbocycles. The second kappa shape index (κ2) is 51.5. The molecule has 118 heavy (non-hydrogen) atoms. The molecule has 40 heteroatoms. The summed E-state index contributed by atoms with van der Waals surface area (Å²) in [4.78, 5) is 176. The molecule has 38 nitrogen and oxygen atoms in total. The standard InChI is InChI=1S/C78H116Cl2N18O20/c1-7-13-51(23-30-60(101)65-69(81)95-71(83)67(79)93-65)97(3,4)33-10-15-47-19-27-55(28-20-47)118-40-38-116-36-32-88-78(114)92-57(76(112)113)29-24-53(99)41-49(43-62(103)104)73(109)90-56(17-9-31-87-77(85)86)61(102)42-50(44-63(105)106)74(110)91-58(45-64(107)108)59(100)18-12-35-115-37-39-117-54-25-21-48(22-26-54)16-11-34-98(5,6)52(14-8-2)46-89-75(111)66-70(82)96-72(84)68(80)94-66/h19-22,25-28,49-52,56-58H,7-18,23-24,29-46H2,1-6H3,(H19-2,81,82,83,84,85,86,87,88,89,90,91,92,95,96,101,103,104,105,106,107,108,109,110,111,112,113,114)/p+2/t49-,50-,51-,52-,56-,57-,58-/m0/s1. The van der Waals surface area contributed by atoms with E-state index in [1.54, 1.807) is 0 Å². The van der Waals surface area contributed by atoms with Gasteiger partial charge in [0.2, 0.25) is 11.8 Å². The highest BCUT2D eigenvalue weighted by atomic mass is 35.5. The number of halogens is 2. The first-order chi connectivity index (χ1) is 55.8. The van der Waals surface area contributed by atoms with Crippen LogP contribution in [0.4, 0.5) is 28.1 Å². The number of benzene rings is 2. The number of guanidine groups is 1. The number of hydrogen-bond donors (Lipinski definition) is 15. The monoisotopic (exact) mass is 1700 g/mol. The molecular formula is C78H118Cl2N18O20+2. The van der Waals surface area contributed by atoms with Crippen LogP contribution in [-0.4, -0.2) is 257 Å². The Bertz CT molecular complexity index is 4030. The Balaban J connectivity index is 1.20. The van der Waals surface area contributed by atoms with Crippen LogP contribution in [0.5, 0.6) is 11.5 Å². The minimum Gasteiger partial charge on any atom is -0.491 e. The maximum absolute atomic E-state index is 14.1. The van der Waals surface area contributed by atoms with Crippen molar-refractivity contribution in [1.82, 2.24) is 46.5 Å². The van der Waals surface area contributed by atoms with Crippen LogP contribution in [0.2, 0.25) is 10.3 Å². The van der Waals surface area contributed by atoms with Gasteiger partial charge in [-0.05, 0) is 80.3 Å². The van der Waals surface area contributed by atoms with Gasteiger partial charge < -0.3 is 109 Å². The zero-order valence-corrected chi connectivity index (χ0v) is 69.5. The van der Waals surface area contributed by atoms with Crippen molar-refractivity contribution in [2.75, 3.05) is 123 Å². The summed E-state index contributed by atoms with van der Waals surface area (Å²) in [6.45, 7) is 6.65. The Morgan fingerprint density at radius 3 is 1.52 bits per heavy atom. The van der Waals surface area contributed by atoms with Gasteiger partial charge in [0, 0.05) is 77.5 Å². The number of aromatic nitrogens is 4. The Morgan fingerprint density at radius 1 is 0.492 bits per heavy atom. The van der Waals surface area contributed by atoms with Crippen LogP contribution in [0.1, 0.15) is 168 Å². The number of ketones is 4. The van der Waals surface area contributed by atoms with Crippen molar-refractivity contribution in [3.63, 3.8) is 0 Å². The molecule has 0 bridgehead atoms. The molecule has 652 valence electrons. The zero-order valence-electron chi connectivity index (χ0n) is 68.0. The molecule has 5 amide bonds. The number of anilines is 4. The molecule has 0 aliphatic carbocycles. The number of nitrogens with two attached hydrogens (primary N) is 6. The van der Waals surface area contributed by atoms with Gasteiger partial charge in [0.15, 0.2) is 62.6 Å². The number of carbonyl (C=O) groups excluding carboxylic acids is 8. The SMILES string of the molecule is CCC[C@@H](CCC(=O)c1nc(Cl)c(N)nc1N)[N+](C)(C)CCCc1ccc(OCCOCCNC(=O)N[C@@H](CCC(=O)C[C@@H](CC(=O)O)C(=O)N[C@@H](CCCN=C(N)N)C(=O)C[C@@H](CC(=O)O)C(=O)N[C@@H](CC(=O)O)C(=O)CCCOCCOc2ccc(CCC[N+](C)(C)[C@@H](CCC)CNC(=O)c3nc(Cl)c(N)nc3N)cc2)C(=O)O)cc1. The predicted octanol–water partition coefficient (Wildman–Crippen LogP) is 4.32. The number of ether oxygens (including phenoxy) is 4. The number of urea groups is 1. The van der Waals surface area contributed by atoms with E-state index in [0.717, 1.165) is 75.6 Å². The molecular weight excluding hydrogens is 1580 g/mol. The number of Topliss-reactive ketones (excluding diaryl/α,β-unsaturated/α-hetero) is 4. The molecule has 2 heterocycles. The van der Waals surface area contributed by atoms with E-state index >= 15 is 0 Å². The number of aliphatic carboxylic acids is 4. The lowest BCUT2D eigenvalue weighted by Crippen LogP contribution is -2.54. The second-order valence-electron chi connectivity index (χ2n) is 29.8. The highest BCUT2D eigenvalue weighted by Crippen LogP contribution is 2.27. The number of carbonyl (C=O) groups is 12. The molecule has 0 radical (unpaired) electrons. The van der Waals surface area contributed by atoms with Gasteiger partial charge in [0.05, 0.1) is 117 Å². The Hall–Kier alpha value is -10.7. The Morgan fingerprint density at radius 2 is 0.992 bits per heavy atom. The lowest BCUT2D eigenvalue weighted by molar-refractivity contribution is -0.916. The van der Waals surface area contributed by atoms with E-state index in [1.165, 1.54) is 0 Å². The number of nitrogen functional groups attached to an aromatic ring is 4. The lowest BCUT2D eigenvalue weighted by Gasteiger charge is -2.38. The molecule has 0 aliphatic heterocycles. The molecule has 4 aromatic rings. The van der Waals surface area contributed by atoms with E-state index in [0.29, 0.717) is 33.4 Å². The molecule has 2 aromatic heterocycles. The molecule has 4 rings (SSSR count). The van der Waals surface area contributed by atoms with Gasteiger partial charge in [-0.3, -0.25) is 52.9 Å². The number of nitrogens with one attached hydrogen (secondary N) is 5. The van der Waals surface area contributed by atoms with Crippen molar-refractivity contribution >= 4 is 123 Å². The number of aryl methyl sites for hydroxylation is 2. The molecule has 7 atom stereocenters. The highest BCUT2D eigenvalue weighted by Gasteiger charge is 2.36. The van der Waals surface area contributed by atoms with Crippen LogP contribution < -0.4 is 70.5 Å². The summed E-state index contributed by atoms with van der Waals surface area (Å²) in [7, 11) is 8.54. The second-order valence-corrected chi connectivity index (χ2v) is 30.5. The first-order valence-electron chi connectivity index (χ1n) is 39.2. The van der Waals surface area contributed by atoms with Crippen LogP contribution >= 0.6 is 23.2 Å². The number of aliphatic imine (C=N–C) groups is 1. The fraction of sp³-hybridized carbons (Fsp3) is 0.577. The van der Waals surface area contributed by atoms with Gasteiger partial charge in [-0.2, -0.15) is 0 Å². The van der Waals surface area contributed by atoms with E-state index in [1.807, 2.05) is 48.5 Å². The van der Waals surface area contributed by atoms with Gasteiger partial charge in [-0.25, -0.2) is 29.5 Å². The Kier molecular flexibility index (Phi) is 43.5. The largest absolute Gasteiger partial charge is 0.491 e. The van der Waals surface area contributed by atoms with Gasteiger partial charge in [-0.1, -0.05) is 74.2 Å². The summed E-state index contributed by atoms with van der Waals surface area (Å²) in [5, 5.41) is 51.5. The number of carboxylic acids is 4. The molecule has 0 saturated heterocycles. The summed E-state index contributed by atoms with van der Waals surface area (Å²) < 4.78 is 24.2. The molecule has 0 spiro atoms. The number of hydrogen-bond acceptors (Lipinski definition) is 25. The number of carboxylic acid groups (broad SMARTS) is 4. The van der Waals surface area contributed by atoms with Crippen LogP contribution in [0.25, 0.3) is 0 Å². The minimum absolute atomic E-state index is 0.0107. The normalized spacial score (nSPS) is 13.2. The van der Waals surface area contributed by atoms with Crippen LogP contribution in [-0.2, 0) is 65.5 Å². The number of amides is 5. The molecule has 2 aromatic carbocycles. The average Bonchev–Trinajstić information content (AvgIpc) is 0.838. The average molecular weight is 1700 g/mol. The van der Waals surface area contributed by atoms with Crippen LogP contribution in [0.15, 0.2) is 53.5 Å². The van der Waals surface area contributed by atoms with Crippen molar-refractivity contribution in [1.29, 1.82) is 0 Å². The fourth-order valence-corrected chi connectivity index (χ4v) is 13.4. The number of quaternary nitrogens is 2. The van der Waals surface area contributed by atoms with Crippen molar-refractivity contribution < 1.29 is 106 Å². The van der Waals surface area contributed by atoms with Gasteiger partial charge in [0.25, 0.3) is 5.91 Å². The van der Waals surface area contributed by atoms with Crippen molar-refractivity contribution in [3.05, 3.63) is 81.4 Å². The third kappa shape index (κ3) is 37.3. The van der Waals surface area contributed by atoms with Crippen molar-refractivity contribution in [2.24, 2.45) is 28.3 Å². The first kappa shape index (κ1) is 99.7. The predicted molar refractivity (Wildman–Crippen MR) is 439 cm³/mol. The van der Waals surface area contributed by atoms with Crippen molar-refractivity contribution in [3.8, 4) is 11.5 Å². The van der Waals surface area contributed by atoms with Crippen molar-refractivity contribution in [2.45, 2.75) is 179 Å². The third-order valence-electron chi connectivity index (χ3n) is 19.8. The van der Waals surface area contributed by atoms with E-state index < -0.39 is 140 Å². The first-order valence-corrected chi connectivity index (χ1v) is 40.0. The van der Waals surface area contributed by atoms with Gasteiger partial charge >= 0.3 is 29.9 Å². The van der Waals surface area contributed by atoms with E-state index in [2.05, 4.69) is 93.6 Å². The molecule has 0 aliphatic rings. The van der Waals surface area contributed by atoms with Crippen LogP contribution in [0.3, 0.4) is 0 Å². The maximum atomic E-state index is 14.1. The molecule has 0 fully saturated rings. The number of nitrogens with zero attached hydrogens (tertiary/aromatic N) is 7. The summed E-state index contributed by atoms with van der Waals surface area (Å²) in [5.74, 6) is -14.5. The van der Waals surface area contributed by atoms with Crippen LogP contribution in [0, 0.1) is 11.8 Å². The van der Waals surface area contributed by atoms with E-state index in [4.69, 9.17) is 76.6 Å². The minimum atomic E-state index is -1.75. The smallest absolute Gasteiger partial charge is 0.326 e. The van der Waals surface area contributed by atoms with E-state index in [-0.39, 0.29) is 154 Å². The number of likely N-dealkylation sites (N-methyl/N-ethyl adjacent to an activating group) is 1. The molecule has 21 N–H and O–H groups in total.